The van der Waals surface area contributed by atoms with E-state index < -0.39 is 11.7 Å². The van der Waals surface area contributed by atoms with E-state index in [1.54, 1.807) is 6.92 Å². The lowest BCUT2D eigenvalue weighted by Crippen LogP contribution is -2.06. The molecule has 1 aromatic heterocycles. The van der Waals surface area contributed by atoms with Crippen molar-refractivity contribution in [1.82, 2.24) is 4.98 Å². The Balaban J connectivity index is 3.06. The maximum Gasteiger partial charge on any atom is 0.418 e. The van der Waals surface area contributed by atoms with Crippen LogP contribution >= 0.6 is 11.6 Å². The quantitative estimate of drug-likeness (QED) is 0.722. The normalized spacial score (nSPS) is 11.5. The maximum absolute atomic E-state index is 12.2. The van der Waals surface area contributed by atoms with E-state index in [4.69, 9.17) is 16.3 Å². The summed E-state index contributed by atoms with van der Waals surface area (Å²) in [6, 6.07) is 0.832. The van der Waals surface area contributed by atoms with Crippen LogP contribution in [0.2, 0.25) is 5.15 Å². The summed E-state index contributed by atoms with van der Waals surface area (Å²) >= 11 is 5.52. The van der Waals surface area contributed by atoms with Crippen LogP contribution in [0.3, 0.4) is 0 Å². The molecule has 0 aliphatic carbocycles. The molecule has 1 heterocycles. The van der Waals surface area contributed by atoms with Gasteiger partial charge >= 0.3 is 6.18 Å². The van der Waals surface area contributed by atoms with Gasteiger partial charge < -0.3 is 4.74 Å². The van der Waals surface area contributed by atoms with Crippen molar-refractivity contribution in [3.63, 3.8) is 0 Å². The Kier molecular flexibility index (Phi) is 3.21. The van der Waals surface area contributed by atoms with Gasteiger partial charge in [-0.25, -0.2) is 4.98 Å². The van der Waals surface area contributed by atoms with Crippen LogP contribution in [-0.4, -0.2) is 11.6 Å². The van der Waals surface area contributed by atoms with Crippen molar-refractivity contribution in [2.24, 2.45) is 0 Å². The smallest absolute Gasteiger partial charge is 0.418 e. The molecule has 0 N–H and O–H groups in total. The van der Waals surface area contributed by atoms with Crippen LogP contribution in [-0.2, 0) is 6.18 Å². The largest absolute Gasteiger partial charge is 0.491 e. The Labute approximate surface area is 83.7 Å². The highest BCUT2D eigenvalue weighted by Crippen LogP contribution is 2.33. The Morgan fingerprint density at radius 1 is 1.50 bits per heavy atom. The zero-order valence-corrected chi connectivity index (χ0v) is 7.99. The Morgan fingerprint density at radius 2 is 2.14 bits per heavy atom. The van der Waals surface area contributed by atoms with E-state index in [1.807, 2.05) is 0 Å². The minimum Gasteiger partial charge on any atom is -0.491 e. The summed E-state index contributed by atoms with van der Waals surface area (Å²) in [4.78, 5) is 3.38. The Bertz CT molecular complexity index is 327. The number of alkyl halides is 3. The average Bonchev–Trinajstić information content (AvgIpc) is 2.07. The van der Waals surface area contributed by atoms with Crippen molar-refractivity contribution in [3.8, 4) is 5.75 Å². The van der Waals surface area contributed by atoms with E-state index in [9.17, 15) is 13.2 Å². The number of pyridine rings is 1. The van der Waals surface area contributed by atoms with Gasteiger partial charge in [0, 0.05) is 6.20 Å². The van der Waals surface area contributed by atoms with Gasteiger partial charge in [-0.1, -0.05) is 11.6 Å². The second-order valence-electron chi connectivity index (χ2n) is 2.44. The van der Waals surface area contributed by atoms with Gasteiger partial charge in [-0.3, -0.25) is 0 Å². The fourth-order valence-electron chi connectivity index (χ4n) is 0.840. The molecule has 6 heteroatoms. The first-order valence-electron chi connectivity index (χ1n) is 3.80. The van der Waals surface area contributed by atoms with E-state index in [0.717, 1.165) is 6.07 Å². The zero-order valence-electron chi connectivity index (χ0n) is 7.23. The molecule has 0 bridgehead atoms. The summed E-state index contributed by atoms with van der Waals surface area (Å²) in [5.41, 5.74) is -0.870. The molecule has 0 fully saturated rings. The molecular weight excluding hydrogens is 219 g/mol. The molecule has 2 nitrogen and oxygen atoms in total. The summed E-state index contributed by atoms with van der Waals surface area (Å²) in [5, 5.41) is -0.0696. The van der Waals surface area contributed by atoms with E-state index in [-0.39, 0.29) is 17.5 Å². The highest BCUT2D eigenvalue weighted by molar-refractivity contribution is 6.30. The third-order valence-corrected chi connectivity index (χ3v) is 1.72. The lowest BCUT2D eigenvalue weighted by molar-refractivity contribution is -0.137. The van der Waals surface area contributed by atoms with Crippen molar-refractivity contribution < 1.29 is 17.9 Å². The number of ether oxygens (including phenoxy) is 1. The standard InChI is InChI=1S/C8H7ClF3NO/c1-2-14-6-3-5(8(10,11)12)4-13-7(6)9/h3-4H,2H2,1H3. The SMILES string of the molecule is CCOc1cc(C(F)(F)F)cnc1Cl. The molecule has 1 aromatic rings. The molecule has 0 saturated heterocycles. The number of hydrogen-bond donors (Lipinski definition) is 0. The molecule has 0 spiro atoms. The van der Waals surface area contributed by atoms with Crippen LogP contribution in [0.4, 0.5) is 13.2 Å². The highest BCUT2D eigenvalue weighted by atomic mass is 35.5. The fraction of sp³-hybridized carbons (Fsp3) is 0.375. The lowest BCUT2D eigenvalue weighted by Gasteiger charge is -2.09. The van der Waals surface area contributed by atoms with Crippen molar-refractivity contribution in [2.45, 2.75) is 13.1 Å². The predicted octanol–water partition coefficient (Wildman–Crippen LogP) is 3.15. The summed E-state index contributed by atoms with van der Waals surface area (Å²) in [5.74, 6) is -0.0519. The van der Waals surface area contributed by atoms with Gasteiger partial charge in [-0.05, 0) is 13.0 Å². The summed E-state index contributed by atoms with van der Waals surface area (Å²) < 4.78 is 41.5. The minimum absolute atomic E-state index is 0.0519. The summed E-state index contributed by atoms with van der Waals surface area (Å²) in [7, 11) is 0. The molecule has 0 saturated carbocycles. The van der Waals surface area contributed by atoms with E-state index in [2.05, 4.69) is 4.98 Å². The van der Waals surface area contributed by atoms with Crippen molar-refractivity contribution in [3.05, 3.63) is 23.0 Å². The third-order valence-electron chi connectivity index (χ3n) is 1.43. The molecule has 14 heavy (non-hydrogen) atoms. The zero-order chi connectivity index (χ0) is 10.8. The van der Waals surface area contributed by atoms with Gasteiger partial charge in [0.05, 0.1) is 12.2 Å². The third kappa shape index (κ3) is 2.51. The number of rotatable bonds is 2. The molecule has 0 aromatic carbocycles. The summed E-state index contributed by atoms with van der Waals surface area (Å²) in [6.45, 7) is 1.89. The molecule has 0 radical (unpaired) electrons. The van der Waals surface area contributed by atoms with Gasteiger partial charge in [0.15, 0.2) is 10.9 Å². The Hall–Kier alpha value is -0.970. The first-order valence-corrected chi connectivity index (χ1v) is 4.18. The molecule has 78 valence electrons. The van der Waals surface area contributed by atoms with Crippen LogP contribution in [0.15, 0.2) is 12.3 Å². The van der Waals surface area contributed by atoms with E-state index in [1.165, 1.54) is 0 Å². The Morgan fingerprint density at radius 3 is 2.64 bits per heavy atom. The monoisotopic (exact) mass is 225 g/mol. The van der Waals surface area contributed by atoms with E-state index >= 15 is 0 Å². The van der Waals surface area contributed by atoms with Gasteiger partial charge in [-0.2, -0.15) is 13.2 Å². The maximum atomic E-state index is 12.2. The van der Waals surface area contributed by atoms with Gasteiger partial charge in [0.1, 0.15) is 0 Å². The van der Waals surface area contributed by atoms with Gasteiger partial charge in [-0.15, -0.1) is 0 Å². The summed E-state index contributed by atoms with van der Waals surface area (Å²) in [6.07, 6.45) is -3.76. The van der Waals surface area contributed by atoms with Gasteiger partial charge in [0.2, 0.25) is 0 Å². The first kappa shape index (κ1) is 11.1. The number of aromatic nitrogens is 1. The van der Waals surface area contributed by atoms with Crippen molar-refractivity contribution in [2.75, 3.05) is 6.61 Å². The topological polar surface area (TPSA) is 22.1 Å². The molecule has 0 aliphatic heterocycles. The van der Waals surface area contributed by atoms with Crippen LogP contribution in [0.25, 0.3) is 0 Å². The molecule has 1 rings (SSSR count). The predicted molar refractivity (Wildman–Crippen MR) is 45.4 cm³/mol. The lowest BCUT2D eigenvalue weighted by atomic mass is 10.3. The minimum atomic E-state index is -4.43. The average molecular weight is 226 g/mol. The molecule has 0 unspecified atom stereocenters. The fourth-order valence-corrected chi connectivity index (χ4v) is 0.998. The molecule has 0 atom stereocenters. The molecule has 0 amide bonds. The van der Waals surface area contributed by atoms with Crippen LogP contribution in [0.5, 0.6) is 5.75 Å². The van der Waals surface area contributed by atoms with E-state index in [0.29, 0.717) is 6.20 Å². The first-order chi connectivity index (χ1) is 6.45. The van der Waals surface area contributed by atoms with Crippen LogP contribution < -0.4 is 4.74 Å². The number of hydrogen-bond acceptors (Lipinski definition) is 2. The highest BCUT2D eigenvalue weighted by Gasteiger charge is 2.31. The second-order valence-corrected chi connectivity index (χ2v) is 2.80. The van der Waals surface area contributed by atoms with Crippen molar-refractivity contribution in [1.29, 1.82) is 0 Å². The van der Waals surface area contributed by atoms with Crippen LogP contribution in [0.1, 0.15) is 12.5 Å². The van der Waals surface area contributed by atoms with Crippen molar-refractivity contribution >= 4 is 11.6 Å². The number of halogens is 4. The molecule has 0 aliphatic rings. The van der Waals surface area contributed by atoms with Gasteiger partial charge in [0.25, 0.3) is 0 Å². The molecular formula is C8H7ClF3NO. The second kappa shape index (κ2) is 4.04. The van der Waals surface area contributed by atoms with Crippen LogP contribution in [0, 0.1) is 0 Å². The number of nitrogens with zero attached hydrogens (tertiary/aromatic N) is 1.